The fraction of sp³-hybridized carbons (Fsp3) is 0.0588. The normalized spacial score (nSPS) is 12.6. The molecule has 20 heavy (non-hydrogen) atoms. The van der Waals surface area contributed by atoms with Crippen molar-refractivity contribution >= 4 is 22.4 Å². The molecular formula is C17H13ClFN. The average molecular weight is 286 g/mol. The highest BCUT2D eigenvalue weighted by atomic mass is 35.5. The van der Waals surface area contributed by atoms with Gasteiger partial charge in [0.05, 0.1) is 11.1 Å². The van der Waals surface area contributed by atoms with Gasteiger partial charge in [0.25, 0.3) is 0 Å². The van der Waals surface area contributed by atoms with Gasteiger partial charge in [0, 0.05) is 0 Å². The molecule has 0 heterocycles. The first-order valence-corrected chi connectivity index (χ1v) is 6.73. The van der Waals surface area contributed by atoms with Crippen LogP contribution >= 0.6 is 11.6 Å². The maximum atomic E-state index is 13.5. The second-order valence-corrected chi connectivity index (χ2v) is 5.11. The zero-order valence-corrected chi connectivity index (χ0v) is 11.4. The van der Waals surface area contributed by atoms with Gasteiger partial charge in [0.15, 0.2) is 0 Å². The summed E-state index contributed by atoms with van der Waals surface area (Å²) in [7, 11) is 0. The van der Waals surface area contributed by atoms with Crippen molar-refractivity contribution in [2.24, 2.45) is 5.73 Å². The minimum absolute atomic E-state index is 0.0909. The van der Waals surface area contributed by atoms with Gasteiger partial charge >= 0.3 is 0 Å². The maximum absolute atomic E-state index is 13.5. The molecule has 0 saturated heterocycles. The van der Waals surface area contributed by atoms with Gasteiger partial charge < -0.3 is 5.73 Å². The lowest BCUT2D eigenvalue weighted by Gasteiger charge is -2.15. The molecule has 0 saturated carbocycles. The molecule has 0 amide bonds. The summed E-state index contributed by atoms with van der Waals surface area (Å²) in [6, 6.07) is 18.3. The van der Waals surface area contributed by atoms with Crippen LogP contribution in [0.3, 0.4) is 0 Å². The summed E-state index contributed by atoms with van der Waals surface area (Å²) >= 11 is 6.00. The third-order valence-electron chi connectivity index (χ3n) is 3.45. The standard InChI is InChI=1S/C17H13ClFN/c18-16-14(6-3-7-15(16)19)17(20)13-9-8-11-4-1-2-5-12(11)10-13/h1-10,17H,20H2. The summed E-state index contributed by atoms with van der Waals surface area (Å²) in [5.41, 5.74) is 7.74. The molecule has 1 nitrogen and oxygen atoms in total. The van der Waals surface area contributed by atoms with Crippen molar-refractivity contribution in [2.75, 3.05) is 0 Å². The van der Waals surface area contributed by atoms with Gasteiger partial charge in [-0.15, -0.1) is 0 Å². The zero-order chi connectivity index (χ0) is 14.1. The summed E-state index contributed by atoms with van der Waals surface area (Å²) in [5.74, 6) is -0.444. The van der Waals surface area contributed by atoms with Crippen molar-refractivity contribution in [3.63, 3.8) is 0 Å². The highest BCUT2D eigenvalue weighted by Crippen LogP contribution is 2.29. The molecule has 0 radical (unpaired) electrons. The van der Waals surface area contributed by atoms with Crippen molar-refractivity contribution in [3.05, 3.63) is 82.6 Å². The monoisotopic (exact) mass is 285 g/mol. The Morgan fingerprint density at radius 2 is 1.65 bits per heavy atom. The van der Waals surface area contributed by atoms with Crippen LogP contribution in [0.5, 0.6) is 0 Å². The van der Waals surface area contributed by atoms with E-state index in [4.69, 9.17) is 17.3 Å². The molecule has 3 heteroatoms. The van der Waals surface area contributed by atoms with Crippen LogP contribution in [-0.2, 0) is 0 Å². The fourth-order valence-corrected chi connectivity index (χ4v) is 2.59. The molecule has 3 aromatic carbocycles. The summed E-state index contributed by atoms with van der Waals surface area (Å²) < 4.78 is 13.5. The Balaban J connectivity index is 2.08. The number of hydrogen-bond acceptors (Lipinski definition) is 1. The fourth-order valence-electron chi connectivity index (χ4n) is 2.34. The molecule has 100 valence electrons. The summed E-state index contributed by atoms with van der Waals surface area (Å²) in [6.07, 6.45) is 0. The van der Waals surface area contributed by atoms with Gasteiger partial charge in [0.2, 0.25) is 0 Å². The molecule has 0 aliphatic carbocycles. The van der Waals surface area contributed by atoms with E-state index >= 15 is 0 Å². The molecule has 1 atom stereocenters. The Labute approximate surface area is 121 Å². The van der Waals surface area contributed by atoms with E-state index in [-0.39, 0.29) is 5.02 Å². The molecule has 0 bridgehead atoms. The predicted molar refractivity (Wildman–Crippen MR) is 81.4 cm³/mol. The van der Waals surface area contributed by atoms with Gasteiger partial charge in [-0.05, 0) is 34.0 Å². The highest BCUT2D eigenvalue weighted by Gasteiger charge is 2.15. The van der Waals surface area contributed by atoms with Crippen molar-refractivity contribution in [1.82, 2.24) is 0 Å². The molecule has 0 aliphatic heterocycles. The van der Waals surface area contributed by atoms with Crippen LogP contribution in [0.4, 0.5) is 4.39 Å². The van der Waals surface area contributed by atoms with Crippen molar-refractivity contribution in [3.8, 4) is 0 Å². The van der Waals surface area contributed by atoms with Crippen molar-refractivity contribution in [1.29, 1.82) is 0 Å². The Morgan fingerprint density at radius 3 is 2.45 bits per heavy atom. The predicted octanol–water partition coefficient (Wildman–Crippen LogP) is 4.68. The lowest BCUT2D eigenvalue weighted by Crippen LogP contribution is -2.12. The van der Waals surface area contributed by atoms with E-state index in [0.29, 0.717) is 5.56 Å². The van der Waals surface area contributed by atoms with E-state index in [9.17, 15) is 4.39 Å². The molecule has 1 unspecified atom stereocenters. The first-order valence-electron chi connectivity index (χ1n) is 6.35. The van der Waals surface area contributed by atoms with E-state index in [1.165, 1.54) is 6.07 Å². The lowest BCUT2D eigenvalue weighted by molar-refractivity contribution is 0.624. The topological polar surface area (TPSA) is 26.0 Å². The Kier molecular flexibility index (Phi) is 3.43. The van der Waals surface area contributed by atoms with E-state index in [0.717, 1.165) is 16.3 Å². The molecular weight excluding hydrogens is 273 g/mol. The second kappa shape index (κ2) is 5.23. The molecule has 0 aromatic heterocycles. The summed E-state index contributed by atoms with van der Waals surface area (Å²) in [5, 5.41) is 2.34. The van der Waals surface area contributed by atoms with Gasteiger partial charge in [0.1, 0.15) is 5.82 Å². The zero-order valence-electron chi connectivity index (χ0n) is 10.7. The number of rotatable bonds is 2. The van der Waals surface area contributed by atoms with E-state index in [1.54, 1.807) is 12.1 Å². The number of fused-ring (bicyclic) bond motifs is 1. The van der Waals surface area contributed by atoms with Crippen LogP contribution in [0, 0.1) is 5.82 Å². The minimum Gasteiger partial charge on any atom is -0.320 e. The van der Waals surface area contributed by atoms with Crippen LogP contribution in [0.25, 0.3) is 10.8 Å². The Morgan fingerprint density at radius 1 is 0.900 bits per heavy atom. The Hall–Kier alpha value is -1.90. The van der Waals surface area contributed by atoms with Gasteiger partial charge in [-0.25, -0.2) is 4.39 Å². The van der Waals surface area contributed by atoms with Crippen LogP contribution in [0.15, 0.2) is 60.7 Å². The van der Waals surface area contributed by atoms with E-state index in [2.05, 4.69) is 0 Å². The molecule has 0 fully saturated rings. The molecule has 3 aromatic rings. The van der Waals surface area contributed by atoms with Crippen LogP contribution < -0.4 is 5.73 Å². The van der Waals surface area contributed by atoms with Crippen LogP contribution in [0.2, 0.25) is 5.02 Å². The first kappa shape index (κ1) is 13.1. The van der Waals surface area contributed by atoms with Gasteiger partial charge in [-0.2, -0.15) is 0 Å². The van der Waals surface area contributed by atoms with Crippen LogP contribution in [-0.4, -0.2) is 0 Å². The third kappa shape index (κ3) is 2.28. The van der Waals surface area contributed by atoms with Crippen molar-refractivity contribution in [2.45, 2.75) is 6.04 Å². The number of halogens is 2. The quantitative estimate of drug-likeness (QED) is 0.727. The van der Waals surface area contributed by atoms with E-state index < -0.39 is 11.9 Å². The second-order valence-electron chi connectivity index (χ2n) is 4.73. The molecule has 0 spiro atoms. The highest BCUT2D eigenvalue weighted by molar-refractivity contribution is 6.31. The largest absolute Gasteiger partial charge is 0.320 e. The first-order chi connectivity index (χ1) is 9.66. The number of nitrogens with two attached hydrogens (primary N) is 1. The third-order valence-corrected chi connectivity index (χ3v) is 3.85. The van der Waals surface area contributed by atoms with Crippen molar-refractivity contribution < 1.29 is 4.39 Å². The number of benzene rings is 3. The minimum atomic E-state index is -0.444. The van der Waals surface area contributed by atoms with Gasteiger partial charge in [-0.1, -0.05) is 60.1 Å². The SMILES string of the molecule is NC(c1ccc2ccccc2c1)c1cccc(F)c1Cl. The van der Waals surface area contributed by atoms with Gasteiger partial charge in [-0.3, -0.25) is 0 Å². The van der Waals surface area contributed by atoms with Crippen LogP contribution in [0.1, 0.15) is 17.2 Å². The summed E-state index contributed by atoms with van der Waals surface area (Å²) in [4.78, 5) is 0. The molecule has 3 rings (SSSR count). The van der Waals surface area contributed by atoms with E-state index in [1.807, 2.05) is 42.5 Å². The maximum Gasteiger partial charge on any atom is 0.142 e. The smallest absolute Gasteiger partial charge is 0.142 e. The molecule has 2 N–H and O–H groups in total. The number of hydrogen-bond donors (Lipinski definition) is 1. The summed E-state index contributed by atoms with van der Waals surface area (Å²) in [6.45, 7) is 0. The average Bonchev–Trinajstić information content (AvgIpc) is 2.49. The molecule has 0 aliphatic rings. The lowest BCUT2D eigenvalue weighted by atomic mass is 9.97. The Bertz CT molecular complexity index is 770.